The van der Waals surface area contributed by atoms with E-state index in [0.29, 0.717) is 22.3 Å². The molecular formula is C26H27ClF3IN2O3. The van der Waals surface area contributed by atoms with Gasteiger partial charge in [0.2, 0.25) is 5.76 Å². The quantitative estimate of drug-likeness (QED) is 0.333. The maximum Gasteiger partial charge on any atom is 0.450 e. The summed E-state index contributed by atoms with van der Waals surface area (Å²) in [5, 5.41) is 2.99. The molecule has 1 amide bonds. The number of halogens is 5. The topological polar surface area (TPSA) is 51.5 Å². The van der Waals surface area contributed by atoms with E-state index in [2.05, 4.69) is 19.4 Å². The molecule has 1 aromatic heterocycles. The number of furan rings is 1. The van der Waals surface area contributed by atoms with Crippen molar-refractivity contribution in [3.63, 3.8) is 0 Å². The molecule has 0 aliphatic carbocycles. The second kappa shape index (κ2) is 11.5. The monoisotopic (exact) mass is 634 g/mol. The summed E-state index contributed by atoms with van der Waals surface area (Å²) in [7, 11) is 4.36. The number of nitrogens with one attached hydrogen (secondary N) is 1. The van der Waals surface area contributed by atoms with Gasteiger partial charge in [-0.05, 0) is 42.5 Å². The highest BCUT2D eigenvalue weighted by molar-refractivity contribution is 6.30. The van der Waals surface area contributed by atoms with Crippen molar-refractivity contribution in [2.45, 2.75) is 31.6 Å². The molecule has 36 heavy (non-hydrogen) atoms. The van der Waals surface area contributed by atoms with Crippen molar-refractivity contribution in [2.24, 2.45) is 0 Å². The lowest BCUT2D eigenvalue weighted by Gasteiger charge is -2.40. The Labute approximate surface area is 230 Å². The highest BCUT2D eigenvalue weighted by atomic mass is 127. The number of alkyl halides is 3. The Kier molecular flexibility index (Phi) is 9.13. The summed E-state index contributed by atoms with van der Waals surface area (Å²) in [6, 6.07) is 14.9. The smallest absolute Gasteiger partial charge is 0.450 e. The zero-order valence-corrected chi connectivity index (χ0v) is 22.8. The highest BCUT2D eigenvalue weighted by Crippen LogP contribution is 2.37. The third-order valence-corrected chi connectivity index (χ3v) is 6.60. The second-order valence-corrected chi connectivity index (χ2v) is 9.73. The Balaban J connectivity index is 0.00000361. The summed E-state index contributed by atoms with van der Waals surface area (Å²) in [5.74, 6) is -2.30. The summed E-state index contributed by atoms with van der Waals surface area (Å²) in [6.45, 7) is 2.33. The Morgan fingerprint density at radius 1 is 1.06 bits per heavy atom. The number of hydrogen-bond donors (Lipinski definition) is 1. The summed E-state index contributed by atoms with van der Waals surface area (Å²) in [6.07, 6.45) is -2.81. The maximum absolute atomic E-state index is 13.6. The van der Waals surface area contributed by atoms with Gasteiger partial charge in [0, 0.05) is 34.7 Å². The van der Waals surface area contributed by atoms with Crippen molar-refractivity contribution < 1.29 is 55.6 Å². The molecule has 0 spiro atoms. The van der Waals surface area contributed by atoms with E-state index < -0.39 is 23.4 Å². The van der Waals surface area contributed by atoms with Crippen LogP contribution in [0.4, 0.5) is 18.9 Å². The predicted octanol–water partition coefficient (Wildman–Crippen LogP) is 3.63. The van der Waals surface area contributed by atoms with E-state index in [-0.39, 0.29) is 29.7 Å². The number of quaternary nitrogens is 1. The number of hydrogen-bond acceptors (Lipinski definition) is 3. The molecule has 194 valence electrons. The van der Waals surface area contributed by atoms with Crippen LogP contribution in [-0.2, 0) is 17.5 Å². The maximum atomic E-state index is 13.6. The summed E-state index contributed by atoms with van der Waals surface area (Å²) in [5.41, 5.74) is 1.28. The molecule has 0 saturated carbocycles. The minimum Gasteiger partial charge on any atom is -1.00 e. The number of rotatable bonds is 6. The number of ether oxygens (including phenoxy) is 1. The molecule has 0 radical (unpaired) electrons. The van der Waals surface area contributed by atoms with Crippen molar-refractivity contribution >= 4 is 23.2 Å². The Morgan fingerprint density at radius 2 is 1.67 bits per heavy atom. The molecular weight excluding hydrogens is 608 g/mol. The lowest BCUT2D eigenvalue weighted by atomic mass is 10.0. The number of amides is 1. The molecule has 4 rings (SSSR count). The largest absolute Gasteiger partial charge is 1.00 e. The average Bonchev–Trinajstić information content (AvgIpc) is 3.28. The molecule has 3 aromatic rings. The van der Waals surface area contributed by atoms with Crippen LogP contribution in [0.1, 0.15) is 34.5 Å². The van der Waals surface area contributed by atoms with Crippen molar-refractivity contribution in [1.29, 1.82) is 0 Å². The molecule has 1 saturated heterocycles. The molecule has 0 bridgehead atoms. The number of benzene rings is 2. The zero-order chi connectivity index (χ0) is 25.2. The van der Waals surface area contributed by atoms with Gasteiger partial charge in [0.1, 0.15) is 12.3 Å². The van der Waals surface area contributed by atoms with Gasteiger partial charge in [-0.15, -0.1) is 0 Å². The van der Waals surface area contributed by atoms with Gasteiger partial charge < -0.3 is 42.9 Å². The lowest BCUT2D eigenvalue weighted by Crippen LogP contribution is -3.00. The molecule has 2 aromatic carbocycles. The van der Waals surface area contributed by atoms with Crippen LogP contribution in [0.25, 0.3) is 11.3 Å². The van der Waals surface area contributed by atoms with E-state index in [1.54, 1.807) is 12.1 Å². The number of anilines is 1. The minimum atomic E-state index is -4.82. The Bertz CT molecular complexity index is 1170. The van der Waals surface area contributed by atoms with Gasteiger partial charge in [0.05, 0.1) is 38.9 Å². The first-order valence-corrected chi connectivity index (χ1v) is 11.7. The van der Waals surface area contributed by atoms with E-state index >= 15 is 0 Å². The van der Waals surface area contributed by atoms with Crippen LogP contribution >= 0.6 is 11.6 Å². The SMILES string of the molecule is C[N+](C)(Cc1ccc(NC(=O)c2cc(-c3ccc(Cl)cc3)oc2C(F)(F)F)cc1)C1CCOCC1.[I-]. The van der Waals surface area contributed by atoms with Gasteiger partial charge in [0.25, 0.3) is 5.91 Å². The van der Waals surface area contributed by atoms with Gasteiger partial charge in [-0.1, -0.05) is 23.7 Å². The fourth-order valence-electron chi connectivity index (χ4n) is 4.40. The third kappa shape index (κ3) is 6.81. The zero-order valence-electron chi connectivity index (χ0n) is 19.9. The van der Waals surface area contributed by atoms with Gasteiger partial charge in [-0.3, -0.25) is 4.79 Å². The van der Waals surface area contributed by atoms with Crippen LogP contribution in [-0.4, -0.2) is 43.7 Å². The van der Waals surface area contributed by atoms with Crippen molar-refractivity contribution in [3.05, 3.63) is 76.5 Å². The van der Waals surface area contributed by atoms with Crippen molar-refractivity contribution in [1.82, 2.24) is 0 Å². The van der Waals surface area contributed by atoms with E-state index in [1.807, 2.05) is 12.1 Å². The van der Waals surface area contributed by atoms with E-state index in [0.717, 1.165) is 48.7 Å². The molecule has 1 fully saturated rings. The summed E-state index contributed by atoms with van der Waals surface area (Å²) >= 11 is 5.85. The first kappa shape index (κ1) is 28.5. The van der Waals surface area contributed by atoms with Crippen LogP contribution < -0.4 is 29.3 Å². The molecule has 1 aliphatic heterocycles. The van der Waals surface area contributed by atoms with Gasteiger partial charge in [-0.25, -0.2) is 0 Å². The fraction of sp³-hybridized carbons (Fsp3) is 0.346. The first-order valence-electron chi connectivity index (χ1n) is 11.3. The summed E-state index contributed by atoms with van der Waals surface area (Å²) < 4.78 is 52.1. The summed E-state index contributed by atoms with van der Waals surface area (Å²) in [4.78, 5) is 12.8. The minimum absolute atomic E-state index is 0. The number of carbonyl (C=O) groups excluding carboxylic acids is 1. The van der Waals surface area contributed by atoms with Gasteiger partial charge in [0.15, 0.2) is 0 Å². The molecule has 0 atom stereocenters. The highest BCUT2D eigenvalue weighted by Gasteiger charge is 2.40. The van der Waals surface area contributed by atoms with Crippen LogP contribution in [0.3, 0.4) is 0 Å². The predicted molar refractivity (Wildman–Crippen MR) is 128 cm³/mol. The molecule has 5 nitrogen and oxygen atoms in total. The molecule has 1 aliphatic rings. The Hall–Kier alpha value is -2.08. The van der Waals surface area contributed by atoms with Crippen LogP contribution in [0.15, 0.2) is 59.0 Å². The molecule has 0 unspecified atom stereocenters. The number of nitrogens with zero attached hydrogens (tertiary/aromatic N) is 1. The normalized spacial score (nSPS) is 14.8. The lowest BCUT2D eigenvalue weighted by molar-refractivity contribution is -0.929. The third-order valence-electron chi connectivity index (χ3n) is 6.34. The molecule has 10 heteroatoms. The standard InChI is InChI=1S/C26H26ClF3N2O3.HI/c1-32(2,21-11-13-34-14-12-21)16-17-3-9-20(10-4-17)31-25(33)22-15-23(35-24(22)26(28,29)30)18-5-7-19(27)8-6-18;/h3-10,15,21H,11-14,16H2,1-2H3;1H. The first-order chi connectivity index (χ1) is 16.5. The average molecular weight is 635 g/mol. The second-order valence-electron chi connectivity index (χ2n) is 9.29. The van der Waals surface area contributed by atoms with Gasteiger partial charge in [-0.2, -0.15) is 13.2 Å². The van der Waals surface area contributed by atoms with Crippen molar-refractivity contribution in [2.75, 3.05) is 32.6 Å². The van der Waals surface area contributed by atoms with E-state index in [9.17, 15) is 18.0 Å². The van der Waals surface area contributed by atoms with E-state index in [4.69, 9.17) is 20.8 Å². The van der Waals surface area contributed by atoms with Gasteiger partial charge >= 0.3 is 6.18 Å². The van der Waals surface area contributed by atoms with Crippen LogP contribution in [0.2, 0.25) is 5.02 Å². The molecule has 1 N–H and O–H groups in total. The van der Waals surface area contributed by atoms with Crippen LogP contribution in [0, 0.1) is 0 Å². The van der Waals surface area contributed by atoms with Crippen molar-refractivity contribution in [3.8, 4) is 11.3 Å². The Morgan fingerprint density at radius 3 is 2.25 bits per heavy atom. The fourth-order valence-corrected chi connectivity index (χ4v) is 4.53. The van der Waals surface area contributed by atoms with E-state index in [1.165, 1.54) is 24.3 Å². The number of carbonyl (C=O) groups is 1. The molecule has 2 heterocycles. The van der Waals surface area contributed by atoms with Crippen LogP contribution in [0.5, 0.6) is 0 Å².